The van der Waals surface area contributed by atoms with Gasteiger partial charge in [-0.25, -0.2) is 0 Å². The smallest absolute Gasteiger partial charge is 0.187 e. The molecular formula is C19H20O8. The van der Waals surface area contributed by atoms with Gasteiger partial charge in [0.2, 0.25) is 0 Å². The van der Waals surface area contributed by atoms with Crippen molar-refractivity contribution in [3.05, 3.63) is 29.3 Å². The zero-order chi connectivity index (χ0) is 19.6. The molecule has 6 rings (SSSR count). The van der Waals surface area contributed by atoms with Gasteiger partial charge >= 0.3 is 0 Å². The lowest BCUT2D eigenvalue weighted by Gasteiger charge is -2.72. The maximum Gasteiger partial charge on any atom is 0.187 e. The van der Waals surface area contributed by atoms with Crippen molar-refractivity contribution >= 4 is 11.6 Å². The van der Waals surface area contributed by atoms with E-state index in [1.807, 2.05) is 0 Å². The van der Waals surface area contributed by atoms with Gasteiger partial charge in [0, 0.05) is 12.8 Å². The van der Waals surface area contributed by atoms with Crippen molar-refractivity contribution in [2.45, 2.75) is 60.8 Å². The predicted molar refractivity (Wildman–Crippen MR) is 87.9 cm³/mol. The molecule has 144 valence electrons. The molecule has 2 saturated carbocycles. The Morgan fingerprint density at radius 3 is 2.59 bits per heavy atom. The van der Waals surface area contributed by atoms with Crippen molar-refractivity contribution in [2.75, 3.05) is 0 Å². The Hall–Kier alpha value is -1.84. The highest BCUT2D eigenvalue weighted by molar-refractivity contribution is 6.06. The molecule has 0 amide bonds. The van der Waals surface area contributed by atoms with Gasteiger partial charge in [-0.1, -0.05) is 12.1 Å². The van der Waals surface area contributed by atoms with Crippen LogP contribution < -0.4 is 0 Å². The van der Waals surface area contributed by atoms with E-state index in [9.17, 15) is 35.1 Å². The van der Waals surface area contributed by atoms with Gasteiger partial charge in [-0.05, 0) is 25.0 Å². The van der Waals surface area contributed by atoms with Crippen molar-refractivity contribution in [3.63, 3.8) is 0 Å². The molecule has 1 aromatic carbocycles. The number of hydrogen-bond donors (Lipinski definition) is 5. The molecule has 8 heteroatoms. The Morgan fingerprint density at radius 1 is 1.19 bits per heavy atom. The molecule has 8 nitrogen and oxygen atoms in total. The lowest BCUT2D eigenvalue weighted by Crippen LogP contribution is -2.91. The van der Waals surface area contributed by atoms with E-state index in [4.69, 9.17) is 4.74 Å². The zero-order valence-electron chi connectivity index (χ0n) is 14.5. The molecule has 2 saturated heterocycles. The molecule has 1 aromatic rings. The normalized spacial score (nSPS) is 50.3. The van der Waals surface area contributed by atoms with Crippen LogP contribution in [-0.2, 0) is 9.53 Å². The van der Waals surface area contributed by atoms with E-state index in [1.54, 1.807) is 6.92 Å². The average molecular weight is 376 g/mol. The van der Waals surface area contributed by atoms with Gasteiger partial charge in [-0.3, -0.25) is 9.59 Å². The number of phenols is 1. The zero-order valence-corrected chi connectivity index (χ0v) is 14.5. The molecule has 0 aromatic heterocycles. The van der Waals surface area contributed by atoms with Crippen molar-refractivity contribution in [1.82, 2.24) is 0 Å². The Labute approximate surface area is 154 Å². The molecule has 2 aliphatic heterocycles. The highest BCUT2D eigenvalue weighted by Gasteiger charge is 2.86. The van der Waals surface area contributed by atoms with E-state index in [1.165, 1.54) is 18.2 Å². The van der Waals surface area contributed by atoms with Crippen LogP contribution in [0.2, 0.25) is 0 Å². The Bertz CT molecular complexity index is 913. The first kappa shape index (κ1) is 17.3. The predicted octanol–water partition coefficient (Wildman–Crippen LogP) is -0.645. The number of Topliss-reactive ketones (excluding diaryl/α,β-unsaturated/α-hetero) is 2. The van der Waals surface area contributed by atoms with Gasteiger partial charge in [0.15, 0.2) is 17.2 Å². The molecule has 4 bridgehead atoms. The largest absolute Gasteiger partial charge is 0.507 e. The standard InChI is InChI=1S/C19H20O8/c1-16-6-12(22)19(26)17(25,7-16)11(21)5-9-14(23)13-8(3-2-4-10(13)20)15(24)18(9,19)27-16/h2-4,9,11,15,20-21,24-26H,5-7H2,1H3. The number of carbonyl (C=O) groups is 2. The number of aromatic hydroxyl groups is 1. The first-order chi connectivity index (χ1) is 12.5. The van der Waals surface area contributed by atoms with Crippen LogP contribution in [-0.4, -0.2) is 65.6 Å². The van der Waals surface area contributed by atoms with Crippen molar-refractivity contribution in [3.8, 4) is 5.75 Å². The second-order valence-corrected chi connectivity index (χ2v) is 8.57. The number of aliphatic hydroxyl groups is 4. The van der Waals surface area contributed by atoms with Crippen LogP contribution in [0.15, 0.2) is 18.2 Å². The van der Waals surface area contributed by atoms with Gasteiger partial charge in [-0.15, -0.1) is 0 Å². The summed E-state index contributed by atoms with van der Waals surface area (Å²) in [7, 11) is 0. The Balaban J connectivity index is 1.87. The summed E-state index contributed by atoms with van der Waals surface area (Å²) in [5, 5.41) is 54.8. The minimum absolute atomic E-state index is 0.0207. The third kappa shape index (κ3) is 1.56. The quantitative estimate of drug-likeness (QED) is 0.402. The number of carbonyl (C=O) groups excluding carboxylic acids is 2. The van der Waals surface area contributed by atoms with E-state index in [0.717, 1.165) is 0 Å². The van der Waals surface area contributed by atoms with Crippen LogP contribution in [0.25, 0.3) is 0 Å². The molecule has 7 unspecified atom stereocenters. The van der Waals surface area contributed by atoms with Crippen molar-refractivity contribution in [2.24, 2.45) is 5.92 Å². The number of rotatable bonds is 0. The molecule has 27 heavy (non-hydrogen) atoms. The molecule has 5 N–H and O–H groups in total. The summed E-state index contributed by atoms with van der Waals surface area (Å²) in [6, 6.07) is 4.14. The second kappa shape index (κ2) is 4.59. The van der Waals surface area contributed by atoms with Crippen LogP contribution in [0.5, 0.6) is 5.75 Å². The highest BCUT2D eigenvalue weighted by atomic mass is 16.6. The number of benzene rings is 1. The minimum atomic E-state index is -2.65. The fourth-order valence-corrected chi connectivity index (χ4v) is 6.06. The summed E-state index contributed by atoms with van der Waals surface area (Å²) in [5.74, 6) is -3.07. The van der Waals surface area contributed by atoms with E-state index in [2.05, 4.69) is 0 Å². The fourth-order valence-electron chi connectivity index (χ4n) is 6.06. The highest BCUT2D eigenvalue weighted by Crippen LogP contribution is 2.68. The van der Waals surface area contributed by atoms with Crippen LogP contribution in [0.4, 0.5) is 0 Å². The number of ketones is 2. The van der Waals surface area contributed by atoms with Crippen LogP contribution in [0, 0.1) is 5.92 Å². The maximum absolute atomic E-state index is 13.2. The third-order valence-electron chi connectivity index (χ3n) is 7.06. The summed E-state index contributed by atoms with van der Waals surface area (Å²) in [4.78, 5) is 26.2. The van der Waals surface area contributed by atoms with Crippen LogP contribution in [0.1, 0.15) is 48.2 Å². The van der Waals surface area contributed by atoms with Crippen molar-refractivity contribution < 1.29 is 39.9 Å². The Kier molecular flexibility index (Phi) is 2.93. The van der Waals surface area contributed by atoms with Gasteiger partial charge in [0.1, 0.15) is 23.1 Å². The molecule has 3 aliphatic carbocycles. The molecule has 5 aliphatic rings. The van der Waals surface area contributed by atoms with E-state index >= 15 is 0 Å². The molecule has 4 fully saturated rings. The SMILES string of the molecule is CC12CC(=O)C3(O)C(O)(C1)C(O)CC1C(=O)c4c(O)cccc4C(O)C13O2. The first-order valence-corrected chi connectivity index (χ1v) is 8.92. The lowest BCUT2D eigenvalue weighted by molar-refractivity contribution is -0.409. The summed E-state index contributed by atoms with van der Waals surface area (Å²) >= 11 is 0. The number of phenolic OH excluding ortho intramolecular Hbond substituents is 1. The van der Waals surface area contributed by atoms with Gasteiger partial charge in [0.25, 0.3) is 0 Å². The molecule has 7 atom stereocenters. The Morgan fingerprint density at radius 2 is 1.89 bits per heavy atom. The minimum Gasteiger partial charge on any atom is -0.507 e. The summed E-state index contributed by atoms with van der Waals surface area (Å²) in [6.07, 6.45) is -3.95. The molecular weight excluding hydrogens is 356 g/mol. The fraction of sp³-hybridized carbons (Fsp3) is 0.579. The number of ether oxygens (including phenoxy) is 1. The monoisotopic (exact) mass is 376 g/mol. The number of hydrogen-bond acceptors (Lipinski definition) is 8. The third-order valence-corrected chi connectivity index (χ3v) is 7.06. The van der Waals surface area contributed by atoms with E-state index in [-0.39, 0.29) is 36.1 Å². The van der Waals surface area contributed by atoms with Gasteiger partial charge in [-0.2, -0.15) is 0 Å². The lowest BCUT2D eigenvalue weighted by atomic mass is 9.43. The second-order valence-electron chi connectivity index (χ2n) is 8.57. The summed E-state index contributed by atoms with van der Waals surface area (Å²) < 4.78 is 6.11. The van der Waals surface area contributed by atoms with Crippen molar-refractivity contribution in [1.29, 1.82) is 0 Å². The van der Waals surface area contributed by atoms with E-state index < -0.39 is 52.1 Å². The van der Waals surface area contributed by atoms with Crippen LogP contribution in [0.3, 0.4) is 0 Å². The number of aliphatic hydroxyl groups excluding tert-OH is 2. The first-order valence-electron chi connectivity index (χ1n) is 8.92. The average Bonchev–Trinajstić information content (AvgIpc) is 2.57. The summed E-state index contributed by atoms with van der Waals surface area (Å²) in [6.45, 7) is 1.56. The maximum atomic E-state index is 13.2. The van der Waals surface area contributed by atoms with Crippen LogP contribution >= 0.6 is 0 Å². The molecule has 1 spiro atoms. The topological polar surface area (TPSA) is 145 Å². The molecule has 0 radical (unpaired) electrons. The van der Waals surface area contributed by atoms with Gasteiger partial charge < -0.3 is 30.3 Å². The summed E-state index contributed by atoms with van der Waals surface area (Å²) in [5.41, 5.74) is -8.40. The number of fused-ring (bicyclic) bond motifs is 2. The van der Waals surface area contributed by atoms with E-state index in [0.29, 0.717) is 0 Å². The molecule has 2 heterocycles. The van der Waals surface area contributed by atoms with Gasteiger partial charge in [0.05, 0.1) is 23.2 Å².